The van der Waals surface area contributed by atoms with Gasteiger partial charge in [0.15, 0.2) is 0 Å². The maximum atomic E-state index is 11.1. The van der Waals surface area contributed by atoms with E-state index in [0.29, 0.717) is 45.1 Å². The molecule has 0 rings (SSSR count). The Bertz CT molecular complexity index is 206. The van der Waals surface area contributed by atoms with E-state index in [-0.39, 0.29) is 5.97 Å². The molecule has 94 valence electrons. The fourth-order valence-electron chi connectivity index (χ4n) is 0.933. The first kappa shape index (κ1) is 15.1. The van der Waals surface area contributed by atoms with Crippen molar-refractivity contribution in [1.82, 2.24) is 5.32 Å². The SMILES string of the molecule is C=C(CNCCOCCOC)C(=O)OCC. The van der Waals surface area contributed by atoms with Gasteiger partial charge in [0.25, 0.3) is 0 Å². The number of esters is 1. The molecule has 0 saturated carbocycles. The molecule has 0 amide bonds. The highest BCUT2D eigenvalue weighted by atomic mass is 16.5. The molecule has 0 aliphatic heterocycles. The number of ether oxygens (including phenoxy) is 3. The minimum atomic E-state index is -0.352. The van der Waals surface area contributed by atoms with Crippen molar-refractivity contribution in [1.29, 1.82) is 0 Å². The Morgan fingerprint density at radius 3 is 2.69 bits per heavy atom. The summed E-state index contributed by atoms with van der Waals surface area (Å²) in [4.78, 5) is 11.1. The molecule has 16 heavy (non-hydrogen) atoms. The molecule has 0 atom stereocenters. The molecule has 0 saturated heterocycles. The fourth-order valence-corrected chi connectivity index (χ4v) is 0.933. The van der Waals surface area contributed by atoms with Crippen molar-refractivity contribution in [2.75, 3.05) is 46.6 Å². The van der Waals surface area contributed by atoms with Gasteiger partial charge in [-0.25, -0.2) is 4.79 Å². The second kappa shape index (κ2) is 10.6. The first-order valence-electron chi connectivity index (χ1n) is 5.34. The molecule has 0 radical (unpaired) electrons. The van der Waals surface area contributed by atoms with E-state index in [1.54, 1.807) is 14.0 Å². The van der Waals surface area contributed by atoms with Crippen LogP contribution in [0.2, 0.25) is 0 Å². The van der Waals surface area contributed by atoms with E-state index in [1.165, 1.54) is 0 Å². The van der Waals surface area contributed by atoms with E-state index >= 15 is 0 Å². The normalized spacial score (nSPS) is 10.1. The van der Waals surface area contributed by atoms with Gasteiger partial charge in [0.1, 0.15) is 0 Å². The molecule has 0 aliphatic carbocycles. The second-order valence-corrected chi connectivity index (χ2v) is 3.11. The van der Waals surface area contributed by atoms with E-state index in [0.717, 1.165) is 0 Å². The van der Waals surface area contributed by atoms with Gasteiger partial charge in [0.05, 0.1) is 26.4 Å². The summed E-state index contributed by atoms with van der Waals surface area (Å²) in [6.07, 6.45) is 0. The monoisotopic (exact) mass is 231 g/mol. The molecule has 0 bridgehead atoms. The van der Waals surface area contributed by atoms with Crippen molar-refractivity contribution >= 4 is 5.97 Å². The lowest BCUT2D eigenvalue weighted by molar-refractivity contribution is -0.138. The first-order chi connectivity index (χ1) is 7.72. The fraction of sp³-hybridized carbons (Fsp3) is 0.727. The molecule has 5 nitrogen and oxygen atoms in total. The van der Waals surface area contributed by atoms with E-state index in [1.807, 2.05) is 0 Å². The lowest BCUT2D eigenvalue weighted by Crippen LogP contribution is -2.25. The van der Waals surface area contributed by atoms with Crippen LogP contribution in [-0.2, 0) is 19.0 Å². The Morgan fingerprint density at radius 1 is 1.31 bits per heavy atom. The lowest BCUT2D eigenvalue weighted by atomic mass is 10.3. The number of carbonyl (C=O) groups is 1. The van der Waals surface area contributed by atoms with E-state index in [9.17, 15) is 4.79 Å². The largest absolute Gasteiger partial charge is 0.463 e. The van der Waals surface area contributed by atoms with Gasteiger partial charge >= 0.3 is 5.97 Å². The summed E-state index contributed by atoms with van der Waals surface area (Å²) in [5.74, 6) is -0.352. The summed E-state index contributed by atoms with van der Waals surface area (Å²) in [6.45, 7) is 8.61. The van der Waals surface area contributed by atoms with Crippen LogP contribution < -0.4 is 5.32 Å². The highest BCUT2D eigenvalue weighted by molar-refractivity contribution is 5.88. The highest BCUT2D eigenvalue weighted by Gasteiger charge is 2.05. The smallest absolute Gasteiger partial charge is 0.334 e. The van der Waals surface area contributed by atoms with Crippen LogP contribution in [0.1, 0.15) is 6.92 Å². The number of hydrogen-bond donors (Lipinski definition) is 1. The molecule has 5 heteroatoms. The average Bonchev–Trinajstić information content (AvgIpc) is 2.28. The third kappa shape index (κ3) is 8.40. The van der Waals surface area contributed by atoms with Crippen LogP contribution in [0, 0.1) is 0 Å². The number of nitrogens with one attached hydrogen (secondary N) is 1. The number of methoxy groups -OCH3 is 1. The predicted molar refractivity (Wildman–Crippen MR) is 61.3 cm³/mol. The van der Waals surface area contributed by atoms with Gasteiger partial charge < -0.3 is 19.5 Å². The Hall–Kier alpha value is -0.910. The molecule has 0 heterocycles. The molecule has 0 aliphatic rings. The minimum Gasteiger partial charge on any atom is -0.463 e. The van der Waals surface area contributed by atoms with Crippen LogP contribution in [0.25, 0.3) is 0 Å². The summed E-state index contributed by atoms with van der Waals surface area (Å²) < 4.78 is 14.8. The third-order valence-corrected chi connectivity index (χ3v) is 1.76. The zero-order chi connectivity index (χ0) is 12.2. The van der Waals surface area contributed by atoms with Crippen molar-refractivity contribution < 1.29 is 19.0 Å². The van der Waals surface area contributed by atoms with E-state index < -0.39 is 0 Å². The Labute approximate surface area is 96.8 Å². The molecule has 0 fully saturated rings. The van der Waals surface area contributed by atoms with Crippen LogP contribution in [0.15, 0.2) is 12.2 Å². The van der Waals surface area contributed by atoms with Crippen molar-refractivity contribution in [3.8, 4) is 0 Å². The lowest BCUT2D eigenvalue weighted by Gasteiger charge is -2.07. The molecular weight excluding hydrogens is 210 g/mol. The van der Waals surface area contributed by atoms with Crippen LogP contribution in [0.3, 0.4) is 0 Å². The summed E-state index contributed by atoms with van der Waals surface area (Å²) in [5, 5.41) is 3.04. The maximum absolute atomic E-state index is 11.1. The van der Waals surface area contributed by atoms with Crippen molar-refractivity contribution in [3.05, 3.63) is 12.2 Å². The molecular formula is C11H21NO4. The quantitative estimate of drug-likeness (QED) is 0.334. The maximum Gasteiger partial charge on any atom is 0.334 e. The number of hydrogen-bond acceptors (Lipinski definition) is 5. The van der Waals surface area contributed by atoms with E-state index in [4.69, 9.17) is 14.2 Å². The Balaban J connectivity index is 3.31. The van der Waals surface area contributed by atoms with Gasteiger partial charge in [-0.05, 0) is 6.92 Å². The molecule has 0 aromatic heterocycles. The van der Waals surface area contributed by atoms with Crippen LogP contribution >= 0.6 is 0 Å². The Morgan fingerprint density at radius 2 is 2.06 bits per heavy atom. The summed E-state index contributed by atoms with van der Waals surface area (Å²) in [6, 6.07) is 0. The summed E-state index contributed by atoms with van der Waals surface area (Å²) in [7, 11) is 1.63. The summed E-state index contributed by atoms with van der Waals surface area (Å²) in [5.41, 5.74) is 0.429. The number of carbonyl (C=O) groups excluding carboxylic acids is 1. The molecule has 1 N–H and O–H groups in total. The van der Waals surface area contributed by atoms with Crippen molar-refractivity contribution in [2.24, 2.45) is 0 Å². The minimum absolute atomic E-state index is 0.352. The second-order valence-electron chi connectivity index (χ2n) is 3.11. The predicted octanol–water partition coefficient (Wildman–Crippen LogP) is 0.358. The van der Waals surface area contributed by atoms with Crippen LogP contribution in [0.5, 0.6) is 0 Å². The molecule has 0 aromatic rings. The van der Waals surface area contributed by atoms with Gasteiger partial charge in [-0.15, -0.1) is 0 Å². The first-order valence-corrected chi connectivity index (χ1v) is 5.34. The van der Waals surface area contributed by atoms with Crippen molar-refractivity contribution in [2.45, 2.75) is 6.92 Å². The zero-order valence-electron chi connectivity index (χ0n) is 10.1. The van der Waals surface area contributed by atoms with Gasteiger partial charge in [0, 0.05) is 25.8 Å². The standard InChI is InChI=1S/C11H21NO4/c1-4-16-11(13)10(2)9-12-5-6-15-8-7-14-3/h12H,2,4-9H2,1,3H3. The Kier molecular flexibility index (Phi) is 10.00. The van der Waals surface area contributed by atoms with Gasteiger partial charge in [0.2, 0.25) is 0 Å². The van der Waals surface area contributed by atoms with Gasteiger partial charge in [-0.2, -0.15) is 0 Å². The summed E-state index contributed by atoms with van der Waals surface area (Å²) >= 11 is 0. The van der Waals surface area contributed by atoms with Gasteiger partial charge in [-0.3, -0.25) is 0 Å². The molecule has 0 aromatic carbocycles. The molecule has 0 spiro atoms. The zero-order valence-corrected chi connectivity index (χ0v) is 10.1. The third-order valence-electron chi connectivity index (χ3n) is 1.76. The van der Waals surface area contributed by atoms with Crippen molar-refractivity contribution in [3.63, 3.8) is 0 Å². The number of rotatable bonds is 10. The topological polar surface area (TPSA) is 56.8 Å². The highest BCUT2D eigenvalue weighted by Crippen LogP contribution is 1.92. The average molecular weight is 231 g/mol. The van der Waals surface area contributed by atoms with Crippen LogP contribution in [0.4, 0.5) is 0 Å². The van der Waals surface area contributed by atoms with Crippen LogP contribution in [-0.4, -0.2) is 52.6 Å². The molecule has 0 unspecified atom stereocenters. The van der Waals surface area contributed by atoms with Gasteiger partial charge in [-0.1, -0.05) is 6.58 Å². The van der Waals surface area contributed by atoms with E-state index in [2.05, 4.69) is 11.9 Å².